The molecule has 0 radical (unpaired) electrons. The third-order valence-electron chi connectivity index (χ3n) is 3.33. The zero-order valence-corrected chi connectivity index (χ0v) is 13.0. The monoisotopic (exact) mass is 276 g/mol. The molecule has 1 atom stereocenters. The number of aryl methyl sites for hydroxylation is 2. The van der Waals surface area contributed by atoms with Crippen molar-refractivity contribution in [3.63, 3.8) is 0 Å². The van der Waals surface area contributed by atoms with Crippen LogP contribution in [0.15, 0.2) is 22.9 Å². The van der Waals surface area contributed by atoms with E-state index in [0.29, 0.717) is 17.9 Å². The fourth-order valence-corrected chi connectivity index (χ4v) is 2.00. The summed E-state index contributed by atoms with van der Waals surface area (Å²) in [5, 5.41) is 7.27. The van der Waals surface area contributed by atoms with Crippen LogP contribution in [0.5, 0.6) is 0 Å². The van der Waals surface area contributed by atoms with E-state index in [1.54, 1.807) is 0 Å². The highest BCUT2D eigenvalue weighted by molar-refractivity contribution is 5.24. The van der Waals surface area contributed by atoms with Crippen LogP contribution in [0.3, 0.4) is 0 Å². The van der Waals surface area contributed by atoms with Gasteiger partial charge in [-0.1, -0.05) is 20.8 Å². The smallest absolute Gasteiger partial charge is 0.263 e. The standard InChI is InChI=1S/C15H24N4O/c1-11(8-9-12-7-6-10-19(12)5)16-14-17-13(20-18-14)15(2,3)4/h6-7,10-11H,8-9H2,1-5H3,(H,16,18). The summed E-state index contributed by atoms with van der Waals surface area (Å²) in [7, 11) is 2.07. The minimum atomic E-state index is -0.112. The normalized spacial score (nSPS) is 13.4. The van der Waals surface area contributed by atoms with Crippen LogP contribution in [-0.2, 0) is 18.9 Å². The number of rotatable bonds is 5. The second kappa shape index (κ2) is 5.69. The third kappa shape index (κ3) is 3.62. The van der Waals surface area contributed by atoms with E-state index in [0.717, 1.165) is 12.8 Å². The topological polar surface area (TPSA) is 55.9 Å². The van der Waals surface area contributed by atoms with Gasteiger partial charge in [-0.05, 0) is 37.1 Å². The van der Waals surface area contributed by atoms with Gasteiger partial charge in [-0.15, -0.1) is 0 Å². The molecule has 0 aliphatic carbocycles. The summed E-state index contributed by atoms with van der Waals surface area (Å²) in [4.78, 5) is 4.39. The zero-order valence-electron chi connectivity index (χ0n) is 13.0. The Morgan fingerprint density at radius 2 is 2.15 bits per heavy atom. The molecular weight excluding hydrogens is 252 g/mol. The molecule has 0 amide bonds. The molecule has 0 spiro atoms. The summed E-state index contributed by atoms with van der Waals surface area (Å²) in [5.74, 6) is 1.24. The van der Waals surface area contributed by atoms with E-state index in [2.05, 4.69) is 73.1 Å². The Morgan fingerprint density at radius 1 is 1.40 bits per heavy atom. The average molecular weight is 276 g/mol. The molecule has 2 aromatic heterocycles. The van der Waals surface area contributed by atoms with E-state index >= 15 is 0 Å². The maximum Gasteiger partial charge on any atom is 0.263 e. The molecule has 0 saturated heterocycles. The van der Waals surface area contributed by atoms with Crippen LogP contribution in [0.25, 0.3) is 0 Å². The maximum absolute atomic E-state index is 5.27. The minimum Gasteiger partial charge on any atom is -0.354 e. The first kappa shape index (κ1) is 14.6. The predicted molar refractivity (Wildman–Crippen MR) is 79.8 cm³/mol. The lowest BCUT2D eigenvalue weighted by Gasteiger charge is -2.12. The lowest BCUT2D eigenvalue weighted by atomic mass is 9.97. The van der Waals surface area contributed by atoms with E-state index in [1.165, 1.54) is 5.69 Å². The van der Waals surface area contributed by atoms with Gasteiger partial charge in [0.05, 0.1) is 0 Å². The molecular formula is C15H24N4O. The molecule has 0 aliphatic rings. The van der Waals surface area contributed by atoms with Crippen molar-refractivity contribution in [3.05, 3.63) is 29.9 Å². The van der Waals surface area contributed by atoms with Crippen molar-refractivity contribution in [3.8, 4) is 0 Å². The summed E-state index contributed by atoms with van der Waals surface area (Å²) in [6, 6.07) is 4.52. The number of aromatic nitrogens is 3. The molecule has 110 valence electrons. The van der Waals surface area contributed by atoms with Gasteiger partial charge in [0.2, 0.25) is 5.89 Å². The number of hydrogen-bond acceptors (Lipinski definition) is 4. The van der Waals surface area contributed by atoms with Crippen molar-refractivity contribution in [2.24, 2.45) is 7.05 Å². The van der Waals surface area contributed by atoms with E-state index < -0.39 is 0 Å². The summed E-state index contributed by atoms with van der Waals surface area (Å²) in [6.07, 6.45) is 4.13. The van der Waals surface area contributed by atoms with Crippen molar-refractivity contribution >= 4 is 5.95 Å². The van der Waals surface area contributed by atoms with Gasteiger partial charge in [-0.3, -0.25) is 0 Å². The van der Waals surface area contributed by atoms with Crippen LogP contribution in [0.1, 0.15) is 45.7 Å². The fourth-order valence-electron chi connectivity index (χ4n) is 2.00. The molecule has 20 heavy (non-hydrogen) atoms. The molecule has 5 heteroatoms. The van der Waals surface area contributed by atoms with Crippen LogP contribution in [0, 0.1) is 0 Å². The van der Waals surface area contributed by atoms with Crippen molar-refractivity contribution in [1.29, 1.82) is 0 Å². The number of anilines is 1. The van der Waals surface area contributed by atoms with E-state index in [9.17, 15) is 0 Å². The molecule has 2 heterocycles. The van der Waals surface area contributed by atoms with Gasteiger partial charge in [-0.2, -0.15) is 4.98 Å². The van der Waals surface area contributed by atoms with Crippen LogP contribution < -0.4 is 5.32 Å². The Bertz CT molecular complexity index is 550. The summed E-state index contributed by atoms with van der Waals surface area (Å²) < 4.78 is 7.42. The first-order valence-corrected chi connectivity index (χ1v) is 7.07. The van der Waals surface area contributed by atoms with Crippen LogP contribution in [0.4, 0.5) is 5.95 Å². The number of hydrogen-bond donors (Lipinski definition) is 1. The van der Waals surface area contributed by atoms with E-state index in [4.69, 9.17) is 4.52 Å². The van der Waals surface area contributed by atoms with Crippen molar-refractivity contribution < 1.29 is 4.52 Å². The SMILES string of the molecule is CC(CCc1cccn1C)Nc1noc(C(C)(C)C)n1. The number of nitrogens with zero attached hydrogens (tertiary/aromatic N) is 3. The highest BCUT2D eigenvalue weighted by Crippen LogP contribution is 2.21. The highest BCUT2D eigenvalue weighted by atomic mass is 16.5. The van der Waals surface area contributed by atoms with Crippen molar-refractivity contribution in [1.82, 2.24) is 14.7 Å². The minimum absolute atomic E-state index is 0.112. The molecule has 0 fully saturated rings. The highest BCUT2D eigenvalue weighted by Gasteiger charge is 2.22. The van der Waals surface area contributed by atoms with Gasteiger partial charge in [0, 0.05) is 30.4 Å². The Kier molecular flexibility index (Phi) is 4.16. The lowest BCUT2D eigenvalue weighted by molar-refractivity contribution is 0.321. The molecule has 2 rings (SSSR count). The molecule has 1 unspecified atom stereocenters. The van der Waals surface area contributed by atoms with Crippen molar-refractivity contribution in [2.75, 3.05) is 5.32 Å². The Hall–Kier alpha value is -1.78. The van der Waals surface area contributed by atoms with Crippen LogP contribution in [0.2, 0.25) is 0 Å². The second-order valence-electron chi connectivity index (χ2n) is 6.37. The fraction of sp³-hybridized carbons (Fsp3) is 0.600. The lowest BCUT2D eigenvalue weighted by Crippen LogP contribution is -2.18. The maximum atomic E-state index is 5.27. The largest absolute Gasteiger partial charge is 0.354 e. The first-order chi connectivity index (χ1) is 9.36. The molecule has 5 nitrogen and oxygen atoms in total. The van der Waals surface area contributed by atoms with Gasteiger partial charge >= 0.3 is 0 Å². The Balaban J connectivity index is 1.87. The predicted octanol–water partition coefficient (Wildman–Crippen LogP) is 3.14. The molecule has 1 N–H and O–H groups in total. The van der Waals surface area contributed by atoms with Gasteiger partial charge in [0.1, 0.15) is 0 Å². The Labute approximate surface area is 120 Å². The molecule has 2 aromatic rings. The third-order valence-corrected chi connectivity index (χ3v) is 3.33. The van der Waals surface area contributed by atoms with Gasteiger partial charge < -0.3 is 14.4 Å². The molecule has 0 saturated carbocycles. The zero-order chi connectivity index (χ0) is 14.8. The van der Waals surface area contributed by atoms with Gasteiger partial charge in [-0.25, -0.2) is 0 Å². The quantitative estimate of drug-likeness (QED) is 0.911. The summed E-state index contributed by atoms with van der Waals surface area (Å²) in [5.41, 5.74) is 1.22. The number of nitrogens with one attached hydrogen (secondary N) is 1. The van der Waals surface area contributed by atoms with Crippen molar-refractivity contribution in [2.45, 2.75) is 52.0 Å². The first-order valence-electron chi connectivity index (χ1n) is 7.07. The average Bonchev–Trinajstić information content (AvgIpc) is 2.95. The van der Waals surface area contributed by atoms with Gasteiger partial charge in [0.25, 0.3) is 5.95 Å². The molecule has 0 bridgehead atoms. The molecule has 0 aliphatic heterocycles. The van der Waals surface area contributed by atoms with Crippen LogP contribution >= 0.6 is 0 Å². The molecule has 0 aromatic carbocycles. The Morgan fingerprint density at radius 3 is 2.70 bits per heavy atom. The van der Waals surface area contributed by atoms with E-state index in [1.807, 2.05) is 0 Å². The van der Waals surface area contributed by atoms with Gasteiger partial charge in [0.15, 0.2) is 0 Å². The summed E-state index contributed by atoms with van der Waals surface area (Å²) >= 11 is 0. The second-order valence-corrected chi connectivity index (χ2v) is 6.37. The summed E-state index contributed by atoms with van der Waals surface area (Å²) in [6.45, 7) is 8.31. The van der Waals surface area contributed by atoms with Crippen LogP contribution in [-0.4, -0.2) is 20.7 Å². The van der Waals surface area contributed by atoms with E-state index in [-0.39, 0.29) is 5.41 Å².